The van der Waals surface area contributed by atoms with Gasteiger partial charge < -0.3 is 5.11 Å². The molecule has 0 fully saturated rings. The van der Waals surface area contributed by atoms with E-state index >= 15 is 0 Å². The maximum absolute atomic E-state index is 12.1. The van der Waals surface area contributed by atoms with E-state index in [1.165, 1.54) is 0 Å². The van der Waals surface area contributed by atoms with E-state index in [4.69, 9.17) is 0 Å². The molecule has 0 aromatic heterocycles. The molecule has 0 saturated heterocycles. The number of aliphatic hydroxyl groups excluding tert-OH is 1. The summed E-state index contributed by atoms with van der Waals surface area (Å²) in [6, 6.07) is 7.42. The summed E-state index contributed by atoms with van der Waals surface area (Å²) in [4.78, 5) is 0.794. The lowest BCUT2D eigenvalue weighted by molar-refractivity contribution is 0.396. The van der Waals surface area contributed by atoms with E-state index in [1.807, 2.05) is 24.3 Å². The van der Waals surface area contributed by atoms with Crippen molar-refractivity contribution in [2.24, 2.45) is 0 Å². The van der Waals surface area contributed by atoms with Crippen molar-refractivity contribution in [1.82, 2.24) is 0 Å². The summed E-state index contributed by atoms with van der Waals surface area (Å²) in [6.07, 6.45) is 3.90. The molecular formula is C12H12O2S. The molecule has 2 atom stereocenters. The number of rotatable bonds is 2. The summed E-state index contributed by atoms with van der Waals surface area (Å²) in [5.74, 6) is 0.187. The third kappa shape index (κ3) is 1.75. The van der Waals surface area contributed by atoms with Crippen LogP contribution >= 0.6 is 0 Å². The molecule has 0 radical (unpaired) electrons. The van der Waals surface area contributed by atoms with E-state index in [2.05, 4.69) is 6.58 Å². The van der Waals surface area contributed by atoms with Crippen molar-refractivity contribution in [3.63, 3.8) is 0 Å². The second kappa shape index (κ2) is 4.03. The topological polar surface area (TPSA) is 37.3 Å². The first-order valence-electron chi connectivity index (χ1n) is 4.75. The lowest BCUT2D eigenvalue weighted by atomic mass is 10.1. The number of allylic oxidation sites excluding steroid dienone is 1. The Hall–Kier alpha value is -1.35. The smallest absolute Gasteiger partial charge is 0.109 e. The van der Waals surface area contributed by atoms with E-state index < -0.39 is 10.8 Å². The molecule has 1 aliphatic rings. The third-order valence-corrected chi connectivity index (χ3v) is 4.16. The molecule has 15 heavy (non-hydrogen) atoms. The third-order valence-electron chi connectivity index (χ3n) is 2.41. The van der Waals surface area contributed by atoms with Crippen LogP contribution in [-0.4, -0.2) is 14.6 Å². The second-order valence-corrected chi connectivity index (χ2v) is 5.02. The summed E-state index contributed by atoms with van der Waals surface area (Å²) in [7, 11) is -1.17. The highest BCUT2D eigenvalue weighted by molar-refractivity contribution is 7.86. The van der Waals surface area contributed by atoms with Gasteiger partial charge in [0.05, 0.1) is 16.0 Å². The molecule has 2 unspecified atom stereocenters. The van der Waals surface area contributed by atoms with E-state index in [-0.39, 0.29) is 11.0 Å². The SMILES string of the molecule is C=CCC1C(O)=Cc2ccccc2S1=O. The molecule has 2 rings (SSSR count). The minimum Gasteiger partial charge on any atom is -0.511 e. The van der Waals surface area contributed by atoms with Gasteiger partial charge in [0, 0.05) is 4.90 Å². The predicted molar refractivity (Wildman–Crippen MR) is 62.1 cm³/mol. The summed E-state index contributed by atoms with van der Waals surface area (Å²) in [5.41, 5.74) is 0.841. The van der Waals surface area contributed by atoms with Crippen molar-refractivity contribution < 1.29 is 9.32 Å². The first-order chi connectivity index (χ1) is 7.24. The number of benzene rings is 1. The first-order valence-corrected chi connectivity index (χ1v) is 5.96. The molecule has 1 aliphatic heterocycles. The zero-order valence-corrected chi connectivity index (χ0v) is 9.04. The van der Waals surface area contributed by atoms with E-state index in [0.717, 1.165) is 10.5 Å². The lowest BCUT2D eigenvalue weighted by Gasteiger charge is -2.20. The molecule has 0 saturated carbocycles. The van der Waals surface area contributed by atoms with Crippen molar-refractivity contribution in [2.75, 3.05) is 0 Å². The maximum Gasteiger partial charge on any atom is 0.109 e. The lowest BCUT2D eigenvalue weighted by Crippen LogP contribution is -2.21. The van der Waals surface area contributed by atoms with Crippen molar-refractivity contribution >= 4 is 16.9 Å². The van der Waals surface area contributed by atoms with Gasteiger partial charge in [0.1, 0.15) is 5.76 Å². The molecule has 0 aliphatic carbocycles. The van der Waals surface area contributed by atoms with Crippen LogP contribution in [-0.2, 0) is 10.8 Å². The van der Waals surface area contributed by atoms with Crippen molar-refractivity contribution in [1.29, 1.82) is 0 Å². The molecule has 0 amide bonds. The second-order valence-electron chi connectivity index (χ2n) is 3.42. The Morgan fingerprint density at radius 3 is 2.93 bits per heavy atom. The minimum atomic E-state index is -1.17. The molecule has 3 heteroatoms. The van der Waals surface area contributed by atoms with Crippen molar-refractivity contribution in [2.45, 2.75) is 16.6 Å². The van der Waals surface area contributed by atoms with Crippen LogP contribution in [0.5, 0.6) is 0 Å². The van der Waals surface area contributed by atoms with Crippen LogP contribution in [0.15, 0.2) is 47.6 Å². The van der Waals surface area contributed by atoms with Crippen LogP contribution < -0.4 is 0 Å². The van der Waals surface area contributed by atoms with Crippen LogP contribution in [0.2, 0.25) is 0 Å². The molecule has 78 valence electrons. The van der Waals surface area contributed by atoms with Gasteiger partial charge >= 0.3 is 0 Å². The summed E-state index contributed by atoms with van der Waals surface area (Å²) < 4.78 is 12.1. The average Bonchev–Trinajstić information content (AvgIpc) is 2.24. The van der Waals surface area contributed by atoms with E-state index in [0.29, 0.717) is 6.42 Å². The molecule has 0 bridgehead atoms. The van der Waals surface area contributed by atoms with Gasteiger partial charge in [-0.3, -0.25) is 4.21 Å². The van der Waals surface area contributed by atoms with Crippen LogP contribution in [0.25, 0.3) is 6.08 Å². The van der Waals surface area contributed by atoms with E-state index in [9.17, 15) is 9.32 Å². The molecule has 1 aromatic rings. The fourth-order valence-corrected chi connectivity index (χ4v) is 3.13. The van der Waals surface area contributed by atoms with E-state index in [1.54, 1.807) is 12.2 Å². The predicted octanol–water partition coefficient (Wildman–Crippen LogP) is 2.65. The first kappa shape index (κ1) is 10.2. The summed E-state index contributed by atoms with van der Waals surface area (Å²) >= 11 is 0. The Labute approximate surface area is 91.4 Å². The number of hydrogen-bond acceptors (Lipinski definition) is 2. The highest BCUT2D eigenvalue weighted by Crippen LogP contribution is 2.29. The van der Waals surface area contributed by atoms with Gasteiger partial charge in [-0.25, -0.2) is 0 Å². The molecule has 0 spiro atoms. The Kier molecular flexibility index (Phi) is 2.73. The van der Waals surface area contributed by atoms with Gasteiger partial charge in [0.15, 0.2) is 0 Å². The van der Waals surface area contributed by atoms with Crippen molar-refractivity contribution in [3.05, 3.63) is 48.2 Å². The van der Waals surface area contributed by atoms with Crippen LogP contribution in [0.4, 0.5) is 0 Å². The number of fused-ring (bicyclic) bond motifs is 1. The largest absolute Gasteiger partial charge is 0.511 e. The van der Waals surface area contributed by atoms with Crippen LogP contribution in [0.1, 0.15) is 12.0 Å². The quantitative estimate of drug-likeness (QED) is 0.778. The van der Waals surface area contributed by atoms with Gasteiger partial charge in [-0.1, -0.05) is 24.3 Å². The Bertz CT molecular complexity index is 449. The van der Waals surface area contributed by atoms with Gasteiger partial charge in [0.2, 0.25) is 0 Å². The van der Waals surface area contributed by atoms with Gasteiger partial charge in [-0.2, -0.15) is 0 Å². The Morgan fingerprint density at radius 2 is 2.20 bits per heavy atom. The summed E-state index contributed by atoms with van der Waals surface area (Å²) in [5, 5.41) is 9.40. The summed E-state index contributed by atoms with van der Waals surface area (Å²) in [6.45, 7) is 3.61. The standard InChI is InChI=1S/C12H12O2S/c1-2-5-12-10(13)8-9-6-3-4-7-11(9)15(12)14/h2-4,6-8,12-13H,1,5H2. The monoisotopic (exact) mass is 220 g/mol. The Morgan fingerprint density at radius 1 is 1.47 bits per heavy atom. The number of hydrogen-bond donors (Lipinski definition) is 1. The zero-order chi connectivity index (χ0) is 10.8. The normalized spacial score (nSPS) is 24.1. The van der Waals surface area contributed by atoms with Gasteiger partial charge in [-0.05, 0) is 24.1 Å². The molecule has 1 aromatic carbocycles. The van der Waals surface area contributed by atoms with Crippen LogP contribution in [0, 0.1) is 0 Å². The van der Waals surface area contributed by atoms with Crippen LogP contribution in [0.3, 0.4) is 0 Å². The van der Waals surface area contributed by atoms with Gasteiger partial charge in [-0.15, -0.1) is 6.58 Å². The molecule has 1 N–H and O–H groups in total. The average molecular weight is 220 g/mol. The Balaban J connectivity index is 2.49. The fraction of sp³-hybridized carbons (Fsp3) is 0.167. The van der Waals surface area contributed by atoms with Gasteiger partial charge in [0.25, 0.3) is 0 Å². The van der Waals surface area contributed by atoms with Crippen molar-refractivity contribution in [3.8, 4) is 0 Å². The highest BCUT2D eigenvalue weighted by atomic mass is 32.2. The fourth-order valence-electron chi connectivity index (χ4n) is 1.66. The highest BCUT2D eigenvalue weighted by Gasteiger charge is 2.26. The zero-order valence-electron chi connectivity index (χ0n) is 8.22. The number of aliphatic hydroxyl groups is 1. The minimum absolute atomic E-state index is 0.187. The molecular weight excluding hydrogens is 208 g/mol. The molecule has 2 nitrogen and oxygen atoms in total. The maximum atomic E-state index is 12.1. The molecule has 1 heterocycles.